The van der Waals surface area contributed by atoms with Crippen molar-refractivity contribution in [1.29, 1.82) is 0 Å². The fourth-order valence-electron chi connectivity index (χ4n) is 1.58. The molecule has 0 aromatic heterocycles. The van der Waals surface area contributed by atoms with Crippen molar-refractivity contribution in [2.45, 2.75) is 26.0 Å². The Morgan fingerprint density at radius 2 is 2.11 bits per heavy atom. The van der Waals surface area contributed by atoms with Crippen molar-refractivity contribution in [2.24, 2.45) is 0 Å². The van der Waals surface area contributed by atoms with Crippen LogP contribution in [0.15, 0.2) is 18.2 Å². The van der Waals surface area contributed by atoms with E-state index in [4.69, 9.17) is 0 Å². The second kappa shape index (κ2) is 7.00. The molecule has 0 saturated heterocycles. The second-order valence-corrected chi connectivity index (χ2v) is 3.87. The third-order valence-electron chi connectivity index (χ3n) is 2.49. The van der Waals surface area contributed by atoms with E-state index in [0.717, 1.165) is 13.0 Å². The van der Waals surface area contributed by atoms with Gasteiger partial charge in [-0.15, -0.1) is 0 Å². The minimum atomic E-state index is -2.94. The molecule has 1 aromatic rings. The van der Waals surface area contributed by atoms with Crippen LogP contribution in [0.4, 0.5) is 14.5 Å². The van der Waals surface area contributed by atoms with Crippen molar-refractivity contribution in [3.05, 3.63) is 18.2 Å². The number of phenols is 1. The highest BCUT2D eigenvalue weighted by Crippen LogP contribution is 2.30. The maximum atomic E-state index is 12.0. The van der Waals surface area contributed by atoms with Crippen molar-refractivity contribution in [3.8, 4) is 11.5 Å². The lowest BCUT2D eigenvalue weighted by Crippen LogP contribution is -2.30. The molecule has 6 heteroatoms. The maximum Gasteiger partial charge on any atom is 0.387 e. The minimum Gasteiger partial charge on any atom is -0.504 e. The predicted molar refractivity (Wildman–Crippen MR) is 66.4 cm³/mol. The molecule has 0 radical (unpaired) electrons. The van der Waals surface area contributed by atoms with Crippen molar-refractivity contribution in [1.82, 2.24) is 5.32 Å². The molecule has 1 atom stereocenters. The number of likely N-dealkylation sites (N-methyl/N-ethyl adjacent to an activating group) is 1. The van der Waals surface area contributed by atoms with E-state index in [2.05, 4.69) is 15.4 Å². The SMILES string of the molecule is CCC(CNC)Nc1ccc(OC(F)F)c(O)c1. The van der Waals surface area contributed by atoms with Gasteiger partial charge in [-0.1, -0.05) is 6.92 Å². The highest BCUT2D eigenvalue weighted by atomic mass is 19.3. The first-order chi connectivity index (χ1) is 8.56. The van der Waals surface area contributed by atoms with Gasteiger partial charge in [0.05, 0.1) is 0 Å². The van der Waals surface area contributed by atoms with E-state index in [1.54, 1.807) is 6.07 Å². The number of hydrogen-bond donors (Lipinski definition) is 3. The number of ether oxygens (including phenoxy) is 1. The number of nitrogens with one attached hydrogen (secondary N) is 2. The van der Waals surface area contributed by atoms with E-state index < -0.39 is 6.61 Å². The largest absolute Gasteiger partial charge is 0.504 e. The monoisotopic (exact) mass is 260 g/mol. The maximum absolute atomic E-state index is 12.0. The lowest BCUT2D eigenvalue weighted by atomic mass is 10.2. The number of benzene rings is 1. The average Bonchev–Trinajstić information content (AvgIpc) is 2.31. The Kier molecular flexibility index (Phi) is 5.64. The number of aromatic hydroxyl groups is 1. The van der Waals surface area contributed by atoms with Gasteiger partial charge in [0.15, 0.2) is 11.5 Å². The fourth-order valence-corrected chi connectivity index (χ4v) is 1.58. The fraction of sp³-hybridized carbons (Fsp3) is 0.500. The summed E-state index contributed by atoms with van der Waals surface area (Å²) in [6, 6.07) is 4.48. The van der Waals surface area contributed by atoms with E-state index >= 15 is 0 Å². The molecule has 0 fully saturated rings. The van der Waals surface area contributed by atoms with Gasteiger partial charge in [0.1, 0.15) is 0 Å². The van der Waals surface area contributed by atoms with Crippen molar-refractivity contribution in [2.75, 3.05) is 18.9 Å². The van der Waals surface area contributed by atoms with Crippen LogP contribution in [-0.4, -0.2) is 31.4 Å². The topological polar surface area (TPSA) is 53.5 Å². The number of alkyl halides is 2. The van der Waals surface area contributed by atoms with Crippen LogP contribution in [0.3, 0.4) is 0 Å². The van der Waals surface area contributed by atoms with Gasteiger partial charge in [0.25, 0.3) is 0 Å². The quantitative estimate of drug-likeness (QED) is 0.704. The third-order valence-corrected chi connectivity index (χ3v) is 2.49. The van der Waals surface area contributed by atoms with E-state index in [1.807, 2.05) is 14.0 Å². The zero-order valence-corrected chi connectivity index (χ0v) is 10.4. The average molecular weight is 260 g/mol. The number of phenolic OH excluding ortho intramolecular Hbond substituents is 1. The molecule has 0 aliphatic rings. The predicted octanol–water partition coefficient (Wildman–Crippen LogP) is 2.40. The molecule has 0 bridgehead atoms. The number of anilines is 1. The third kappa shape index (κ3) is 4.37. The summed E-state index contributed by atoms with van der Waals surface area (Å²) in [4.78, 5) is 0. The number of halogens is 2. The zero-order valence-electron chi connectivity index (χ0n) is 10.4. The molecule has 0 saturated carbocycles. The highest BCUT2D eigenvalue weighted by molar-refractivity contribution is 5.54. The Bertz CT molecular complexity index is 375. The normalized spacial score (nSPS) is 12.5. The van der Waals surface area contributed by atoms with Crippen molar-refractivity contribution >= 4 is 5.69 Å². The summed E-state index contributed by atoms with van der Waals surface area (Å²) in [5.74, 6) is -0.531. The Hall–Kier alpha value is -1.56. The molecule has 1 aromatic carbocycles. The summed E-state index contributed by atoms with van der Waals surface area (Å²) in [5.41, 5.74) is 0.663. The van der Waals surface area contributed by atoms with Crippen LogP contribution in [0.1, 0.15) is 13.3 Å². The highest BCUT2D eigenvalue weighted by Gasteiger charge is 2.11. The lowest BCUT2D eigenvalue weighted by Gasteiger charge is -2.18. The zero-order chi connectivity index (χ0) is 13.5. The molecule has 0 aliphatic heterocycles. The minimum absolute atomic E-state index is 0.205. The lowest BCUT2D eigenvalue weighted by molar-refractivity contribution is -0.0512. The molecule has 0 aliphatic carbocycles. The van der Waals surface area contributed by atoms with Gasteiger partial charge in [-0.2, -0.15) is 8.78 Å². The van der Waals surface area contributed by atoms with E-state index in [9.17, 15) is 13.9 Å². The molecule has 3 N–H and O–H groups in total. The summed E-state index contributed by atoms with van der Waals surface area (Å²) in [6.45, 7) is -0.141. The Morgan fingerprint density at radius 3 is 2.61 bits per heavy atom. The number of hydrogen-bond acceptors (Lipinski definition) is 4. The number of rotatable bonds is 7. The van der Waals surface area contributed by atoms with Crippen LogP contribution in [-0.2, 0) is 0 Å². The molecule has 1 unspecified atom stereocenters. The van der Waals surface area contributed by atoms with Gasteiger partial charge < -0.3 is 20.5 Å². The molecule has 4 nitrogen and oxygen atoms in total. The first-order valence-corrected chi connectivity index (χ1v) is 5.75. The molecule has 102 valence electrons. The molecule has 18 heavy (non-hydrogen) atoms. The van der Waals surface area contributed by atoms with Gasteiger partial charge in [-0.25, -0.2) is 0 Å². The van der Waals surface area contributed by atoms with Crippen LogP contribution in [0.5, 0.6) is 11.5 Å². The molecule has 0 amide bonds. The molecular formula is C12H18F2N2O2. The van der Waals surface area contributed by atoms with Gasteiger partial charge in [-0.3, -0.25) is 0 Å². The van der Waals surface area contributed by atoms with Gasteiger partial charge >= 0.3 is 6.61 Å². The van der Waals surface area contributed by atoms with Crippen LogP contribution in [0.25, 0.3) is 0 Å². The Labute approximate surface area is 105 Å². The molecule has 1 rings (SSSR count). The summed E-state index contributed by atoms with van der Waals surface area (Å²) in [5, 5.41) is 15.8. The summed E-state index contributed by atoms with van der Waals surface area (Å²) >= 11 is 0. The van der Waals surface area contributed by atoms with Crippen LogP contribution in [0.2, 0.25) is 0 Å². The summed E-state index contributed by atoms with van der Waals surface area (Å²) < 4.78 is 28.2. The summed E-state index contributed by atoms with van der Waals surface area (Å²) in [7, 11) is 1.85. The first-order valence-electron chi connectivity index (χ1n) is 5.75. The van der Waals surface area contributed by atoms with Gasteiger partial charge in [-0.05, 0) is 25.6 Å². The van der Waals surface area contributed by atoms with Gasteiger partial charge in [0.2, 0.25) is 0 Å². The van der Waals surface area contributed by atoms with E-state index in [0.29, 0.717) is 5.69 Å². The Morgan fingerprint density at radius 1 is 1.39 bits per heavy atom. The van der Waals surface area contributed by atoms with Crippen molar-refractivity contribution in [3.63, 3.8) is 0 Å². The molecule has 0 spiro atoms. The molecular weight excluding hydrogens is 242 g/mol. The molecule has 0 heterocycles. The van der Waals surface area contributed by atoms with Crippen LogP contribution < -0.4 is 15.4 Å². The smallest absolute Gasteiger partial charge is 0.387 e. The second-order valence-electron chi connectivity index (χ2n) is 3.87. The Balaban J connectivity index is 2.71. The van der Waals surface area contributed by atoms with Gasteiger partial charge in [0, 0.05) is 24.3 Å². The van der Waals surface area contributed by atoms with Crippen molar-refractivity contribution < 1.29 is 18.6 Å². The summed E-state index contributed by atoms with van der Waals surface area (Å²) in [6.07, 6.45) is 0.900. The standard InChI is InChI=1S/C12H18F2N2O2/c1-3-8(7-15-2)16-9-4-5-11(10(17)6-9)18-12(13)14/h4-6,8,12,15-17H,3,7H2,1-2H3. The van der Waals surface area contributed by atoms with E-state index in [1.165, 1.54) is 12.1 Å². The van der Waals surface area contributed by atoms with E-state index in [-0.39, 0.29) is 17.5 Å². The first kappa shape index (κ1) is 14.5. The van der Waals surface area contributed by atoms with Crippen LogP contribution in [0, 0.1) is 0 Å². The van der Waals surface area contributed by atoms with Crippen LogP contribution >= 0.6 is 0 Å².